The molecule has 1 aliphatic heterocycles. The van der Waals surface area contributed by atoms with Gasteiger partial charge >= 0.3 is 18.2 Å². The van der Waals surface area contributed by atoms with Crippen molar-refractivity contribution in [2.75, 3.05) is 19.6 Å². The summed E-state index contributed by atoms with van der Waals surface area (Å²) >= 11 is 0. The summed E-state index contributed by atoms with van der Waals surface area (Å²) in [6.45, 7) is 11.0. The first-order valence-corrected chi connectivity index (χ1v) is 25.2. The number of alkyl carbamates (subject to hydrolysis) is 2. The SMILES string of the molecule is CC(C)(C)OC(=O)NCCCC[C@@H](NC(=O)OCc1ccccc1)C(=O)N[C@@H](CCCN=C(N)N)C(=O)N[C@H](Cc1ccccc1)C(=O)N[C@@H](Cc1c[nH]c2ccccc12)C(=O)N1CCC[C@H]1C(=O)OC(C)(C)C. The molecule has 1 aromatic heterocycles. The van der Waals surface area contributed by atoms with Crippen LogP contribution in [0.1, 0.15) is 103 Å². The number of benzene rings is 3. The van der Waals surface area contributed by atoms with Crippen LogP contribution in [-0.4, -0.2) is 119 Å². The molecule has 20 nitrogen and oxygen atoms in total. The molecular formula is C54H74N10O10. The highest BCUT2D eigenvalue weighted by Crippen LogP contribution is 2.25. The fourth-order valence-electron chi connectivity index (χ4n) is 8.37. The molecule has 1 aliphatic rings. The summed E-state index contributed by atoms with van der Waals surface area (Å²) in [6, 6.07) is 19.7. The van der Waals surface area contributed by atoms with Crippen LogP contribution in [0.2, 0.25) is 0 Å². The molecule has 3 aromatic carbocycles. The summed E-state index contributed by atoms with van der Waals surface area (Å²) in [4.78, 5) is 106. The minimum absolute atomic E-state index is 0.00169. The highest BCUT2D eigenvalue weighted by molar-refractivity contribution is 5.97. The summed E-state index contributed by atoms with van der Waals surface area (Å²) < 4.78 is 16.5. The number of nitrogens with zero attached hydrogens (tertiary/aromatic N) is 2. The molecule has 1 fully saturated rings. The second-order valence-electron chi connectivity index (χ2n) is 20.3. The van der Waals surface area contributed by atoms with Gasteiger partial charge in [-0.25, -0.2) is 14.4 Å². The van der Waals surface area contributed by atoms with Gasteiger partial charge in [0, 0.05) is 49.6 Å². The first-order valence-electron chi connectivity index (χ1n) is 25.2. The number of guanidine groups is 1. The fourth-order valence-corrected chi connectivity index (χ4v) is 8.37. The van der Waals surface area contributed by atoms with Crippen LogP contribution in [-0.2, 0) is 57.6 Å². The van der Waals surface area contributed by atoms with Crippen LogP contribution in [0.5, 0.6) is 0 Å². The van der Waals surface area contributed by atoms with Gasteiger partial charge in [0.05, 0.1) is 0 Å². The van der Waals surface area contributed by atoms with E-state index in [1.54, 1.807) is 96.3 Å². The minimum Gasteiger partial charge on any atom is -0.458 e. The lowest BCUT2D eigenvalue weighted by Gasteiger charge is -2.31. The van der Waals surface area contributed by atoms with E-state index in [1.165, 1.54) is 4.90 Å². The lowest BCUT2D eigenvalue weighted by Crippen LogP contribution is -2.59. The largest absolute Gasteiger partial charge is 0.458 e. The molecule has 400 valence electrons. The van der Waals surface area contributed by atoms with Gasteiger partial charge in [-0.15, -0.1) is 0 Å². The van der Waals surface area contributed by atoms with Gasteiger partial charge < -0.3 is 62.1 Å². The third kappa shape index (κ3) is 19.1. The number of hydrogen-bond acceptors (Lipinski definition) is 11. The summed E-state index contributed by atoms with van der Waals surface area (Å²) in [6.07, 6.45) is 2.32. The van der Waals surface area contributed by atoms with Crippen molar-refractivity contribution in [1.82, 2.24) is 36.5 Å². The van der Waals surface area contributed by atoms with E-state index < -0.39 is 83.2 Å². The Hall–Kier alpha value is -7.64. The molecule has 0 radical (unpaired) electrons. The molecule has 1 saturated heterocycles. The molecule has 2 heterocycles. The van der Waals surface area contributed by atoms with Gasteiger partial charge in [-0.3, -0.25) is 24.2 Å². The molecule has 6 amide bonds. The summed E-state index contributed by atoms with van der Waals surface area (Å²) in [7, 11) is 0. The van der Waals surface area contributed by atoms with Crippen LogP contribution >= 0.6 is 0 Å². The standard InChI is InChI=1S/C54H74N10O10/c1-53(2,3)73-49(69)44-27-18-30-64(44)48(68)43(32-37-33-59-39-24-14-13-23-38(37)39)62-47(67)42(31-35-19-9-7-10-20-35)61-45(65)40(26-17-29-57-50(55)56)60-46(66)41(25-15-16-28-58-51(70)74-54(4,5)6)63-52(71)72-34-36-21-11-8-12-22-36/h7-14,19-24,33,40-44,59H,15-18,25-32,34H2,1-6H3,(H,58,70)(H,60,66)(H,61,65)(H,62,67)(H,63,71)(H4,55,56,57)/t40-,41+,42+,43-,44-/m0/s1. The maximum absolute atomic E-state index is 14.8. The first-order chi connectivity index (χ1) is 35.2. The average Bonchev–Trinajstić information content (AvgIpc) is 4.01. The van der Waals surface area contributed by atoms with E-state index in [9.17, 15) is 33.6 Å². The van der Waals surface area contributed by atoms with Crippen molar-refractivity contribution in [3.05, 3.63) is 108 Å². The molecule has 5 rings (SSSR count). The number of aromatic nitrogens is 1. The number of rotatable bonds is 24. The van der Waals surface area contributed by atoms with Crippen LogP contribution in [0.15, 0.2) is 96.1 Å². The van der Waals surface area contributed by atoms with Gasteiger partial charge in [-0.1, -0.05) is 78.9 Å². The number of aromatic amines is 1. The Morgan fingerprint density at radius 1 is 0.676 bits per heavy atom. The van der Waals surface area contributed by atoms with E-state index in [1.807, 2.05) is 36.4 Å². The third-order valence-electron chi connectivity index (χ3n) is 11.8. The summed E-state index contributed by atoms with van der Waals surface area (Å²) in [5, 5.41) is 14.8. The molecular weight excluding hydrogens is 949 g/mol. The number of para-hydroxylation sites is 1. The number of amides is 6. The van der Waals surface area contributed by atoms with Crippen molar-refractivity contribution in [2.45, 2.75) is 147 Å². The number of carbonyl (C=O) groups excluding carboxylic acids is 7. The first kappa shape index (κ1) is 57.3. The zero-order chi connectivity index (χ0) is 53.8. The number of hydrogen-bond donors (Lipinski definition) is 8. The van der Waals surface area contributed by atoms with Gasteiger partial charge in [-0.05, 0) is 109 Å². The van der Waals surface area contributed by atoms with E-state index in [0.717, 1.165) is 22.0 Å². The maximum atomic E-state index is 14.8. The zero-order valence-electron chi connectivity index (χ0n) is 43.4. The fraction of sp³-hybridized carbons (Fsp3) is 0.481. The predicted octanol–water partition coefficient (Wildman–Crippen LogP) is 4.78. The van der Waals surface area contributed by atoms with Crippen molar-refractivity contribution >= 4 is 58.6 Å². The molecule has 10 N–H and O–H groups in total. The Bertz CT molecular complexity index is 2540. The molecule has 0 aliphatic carbocycles. The average molecular weight is 1020 g/mol. The minimum atomic E-state index is -1.29. The topological polar surface area (TPSA) is 291 Å². The van der Waals surface area contributed by atoms with Crippen molar-refractivity contribution in [1.29, 1.82) is 0 Å². The molecule has 0 unspecified atom stereocenters. The number of H-pyrrole nitrogens is 1. The highest BCUT2D eigenvalue weighted by Gasteiger charge is 2.41. The smallest absolute Gasteiger partial charge is 0.408 e. The van der Waals surface area contributed by atoms with E-state index in [4.69, 9.17) is 25.7 Å². The van der Waals surface area contributed by atoms with Gasteiger partial charge in [0.15, 0.2) is 5.96 Å². The van der Waals surface area contributed by atoms with Crippen molar-refractivity contribution < 1.29 is 47.8 Å². The van der Waals surface area contributed by atoms with Crippen LogP contribution in [0.25, 0.3) is 10.9 Å². The second kappa shape index (κ2) is 27.4. The number of unbranched alkanes of at least 4 members (excludes halogenated alkanes) is 1. The summed E-state index contributed by atoms with van der Waals surface area (Å²) in [5.74, 6) is -3.36. The van der Waals surface area contributed by atoms with Gasteiger partial charge in [0.2, 0.25) is 23.6 Å². The lowest BCUT2D eigenvalue weighted by molar-refractivity contribution is -0.163. The van der Waals surface area contributed by atoms with Gasteiger partial charge in [0.25, 0.3) is 0 Å². The Labute approximate surface area is 432 Å². The quantitative estimate of drug-likeness (QED) is 0.0155. The molecule has 74 heavy (non-hydrogen) atoms. The van der Waals surface area contributed by atoms with E-state index in [-0.39, 0.29) is 64.3 Å². The monoisotopic (exact) mass is 1020 g/mol. The molecule has 0 saturated carbocycles. The van der Waals surface area contributed by atoms with Crippen LogP contribution in [0.3, 0.4) is 0 Å². The van der Waals surface area contributed by atoms with Crippen LogP contribution in [0.4, 0.5) is 9.59 Å². The molecule has 0 spiro atoms. The van der Waals surface area contributed by atoms with E-state index in [0.29, 0.717) is 31.2 Å². The Morgan fingerprint density at radius 3 is 1.92 bits per heavy atom. The Balaban J connectivity index is 1.40. The predicted molar refractivity (Wildman–Crippen MR) is 280 cm³/mol. The number of ether oxygens (including phenoxy) is 3. The van der Waals surface area contributed by atoms with Crippen LogP contribution in [0, 0.1) is 0 Å². The number of nitrogens with one attached hydrogen (secondary N) is 6. The number of esters is 1. The molecule has 20 heteroatoms. The third-order valence-corrected chi connectivity index (χ3v) is 11.8. The molecule has 0 bridgehead atoms. The lowest BCUT2D eigenvalue weighted by atomic mass is 10.0. The number of fused-ring (bicyclic) bond motifs is 1. The second-order valence-corrected chi connectivity index (χ2v) is 20.3. The van der Waals surface area contributed by atoms with Crippen LogP contribution < -0.4 is 38.1 Å². The van der Waals surface area contributed by atoms with Crippen molar-refractivity contribution in [2.24, 2.45) is 16.5 Å². The molecule has 4 aromatic rings. The molecule has 5 atom stereocenters. The van der Waals surface area contributed by atoms with E-state index in [2.05, 4.69) is 36.6 Å². The zero-order valence-corrected chi connectivity index (χ0v) is 43.4. The number of likely N-dealkylation sites (tertiary alicyclic amines) is 1. The van der Waals surface area contributed by atoms with Crippen molar-refractivity contribution in [3.8, 4) is 0 Å². The van der Waals surface area contributed by atoms with Gasteiger partial charge in [0.1, 0.15) is 48.0 Å². The maximum Gasteiger partial charge on any atom is 0.408 e. The Kier molecular flexibility index (Phi) is 21.2. The van der Waals surface area contributed by atoms with E-state index >= 15 is 0 Å². The highest BCUT2D eigenvalue weighted by atomic mass is 16.6. The summed E-state index contributed by atoms with van der Waals surface area (Å²) in [5.41, 5.74) is 12.7. The Morgan fingerprint density at radius 2 is 1.26 bits per heavy atom. The van der Waals surface area contributed by atoms with Gasteiger partial charge in [-0.2, -0.15) is 0 Å². The number of aliphatic imine (C=N–C) groups is 1. The number of nitrogens with two attached hydrogens (primary N) is 2. The van der Waals surface area contributed by atoms with Crippen molar-refractivity contribution in [3.63, 3.8) is 0 Å². The normalized spacial score (nSPS) is 15.1. The number of carbonyl (C=O) groups is 7.